The number of anilines is 1. The van der Waals surface area contributed by atoms with E-state index in [9.17, 15) is 4.79 Å². The number of pyridine rings is 2. The Bertz CT molecular complexity index is 1560. The first-order valence-corrected chi connectivity index (χ1v) is 13.7. The van der Waals surface area contributed by atoms with Gasteiger partial charge in [0.2, 0.25) is 0 Å². The van der Waals surface area contributed by atoms with Crippen molar-refractivity contribution in [3.05, 3.63) is 96.1 Å². The summed E-state index contributed by atoms with van der Waals surface area (Å²) in [5.74, 6) is 6.84. The second kappa shape index (κ2) is 15.1. The third-order valence-electron chi connectivity index (χ3n) is 5.93. The van der Waals surface area contributed by atoms with E-state index in [2.05, 4.69) is 33.4 Å². The molecule has 1 saturated heterocycles. The van der Waals surface area contributed by atoms with E-state index >= 15 is 0 Å². The normalized spacial score (nSPS) is 13.2. The Kier molecular flexibility index (Phi) is 11.3. The van der Waals surface area contributed by atoms with Crippen LogP contribution in [0.2, 0.25) is 0 Å². The first-order chi connectivity index (χ1) is 19.6. The summed E-state index contributed by atoms with van der Waals surface area (Å²) in [5.41, 5.74) is 10.7. The number of carbonyl (C=O) groups excluding carboxylic acids is 1. The number of nitrogen functional groups attached to an aromatic ring is 1. The van der Waals surface area contributed by atoms with Crippen molar-refractivity contribution >= 4 is 28.4 Å². The van der Waals surface area contributed by atoms with E-state index in [4.69, 9.17) is 10.5 Å². The number of amides is 1. The van der Waals surface area contributed by atoms with E-state index < -0.39 is 0 Å². The van der Waals surface area contributed by atoms with Crippen molar-refractivity contribution in [1.29, 1.82) is 0 Å². The predicted octanol–water partition coefficient (Wildman–Crippen LogP) is 5.31. The Morgan fingerprint density at radius 1 is 1.18 bits per heavy atom. The molecule has 5 heterocycles. The van der Waals surface area contributed by atoms with Crippen molar-refractivity contribution < 1.29 is 9.53 Å². The van der Waals surface area contributed by atoms with Crippen LogP contribution in [-0.2, 0) is 16.0 Å². The number of allylic oxidation sites excluding steroid dienone is 3. The number of nitrogens with two attached hydrogens (primary N) is 1. The van der Waals surface area contributed by atoms with Gasteiger partial charge in [-0.1, -0.05) is 70.6 Å². The second-order valence-corrected chi connectivity index (χ2v) is 8.36. The van der Waals surface area contributed by atoms with Crippen LogP contribution < -0.4 is 5.73 Å². The molecular formula is C32H38N6O2. The molecule has 5 rings (SSSR count). The number of rotatable bonds is 5. The average molecular weight is 539 g/mol. The lowest BCUT2D eigenvalue weighted by Gasteiger charge is -2.27. The summed E-state index contributed by atoms with van der Waals surface area (Å²) in [5, 5.41) is 0.923. The number of aromatic nitrogens is 4. The molecule has 8 heteroatoms. The molecule has 0 unspecified atom stereocenters. The molecule has 4 aromatic heterocycles. The van der Waals surface area contributed by atoms with Gasteiger partial charge < -0.3 is 20.4 Å². The molecule has 0 aromatic carbocycles. The molecule has 3 N–H and O–H groups in total. The van der Waals surface area contributed by atoms with E-state index in [1.54, 1.807) is 24.4 Å². The van der Waals surface area contributed by atoms with Crippen molar-refractivity contribution in [3.63, 3.8) is 0 Å². The van der Waals surface area contributed by atoms with E-state index in [1.807, 2.05) is 79.7 Å². The number of aromatic amines is 1. The second-order valence-electron chi connectivity index (χ2n) is 8.36. The maximum absolute atomic E-state index is 12.9. The SMILES string of the molecule is C=C/C=C(\C=C/Cc1ccc2ncc(C#Cc3cc(N)nc4[nH]ccc34)n2c1)C(=O)N1CCOCC1.CC.CC. The quantitative estimate of drug-likeness (QED) is 0.204. The highest BCUT2D eigenvalue weighted by Crippen LogP contribution is 2.18. The van der Waals surface area contributed by atoms with E-state index in [-0.39, 0.29) is 5.91 Å². The topological polar surface area (TPSA) is 102 Å². The number of hydrogen-bond donors (Lipinski definition) is 2. The van der Waals surface area contributed by atoms with Gasteiger partial charge in [0.1, 0.15) is 22.8 Å². The molecular weight excluding hydrogens is 500 g/mol. The highest BCUT2D eigenvalue weighted by Gasteiger charge is 2.18. The summed E-state index contributed by atoms with van der Waals surface area (Å²) in [4.78, 5) is 26.5. The Labute approximate surface area is 236 Å². The lowest BCUT2D eigenvalue weighted by atomic mass is 10.1. The van der Waals surface area contributed by atoms with Crippen LogP contribution in [0, 0.1) is 11.8 Å². The van der Waals surface area contributed by atoms with Crippen LogP contribution in [-0.4, -0.2) is 56.5 Å². The highest BCUT2D eigenvalue weighted by atomic mass is 16.5. The van der Waals surface area contributed by atoms with Crippen molar-refractivity contribution in [1.82, 2.24) is 24.3 Å². The van der Waals surface area contributed by atoms with Crippen LogP contribution in [0.5, 0.6) is 0 Å². The van der Waals surface area contributed by atoms with Gasteiger partial charge in [0.25, 0.3) is 5.91 Å². The van der Waals surface area contributed by atoms with Crippen LogP contribution in [0.3, 0.4) is 0 Å². The van der Waals surface area contributed by atoms with Gasteiger partial charge in [-0.15, -0.1) is 0 Å². The minimum atomic E-state index is -0.00893. The van der Waals surface area contributed by atoms with Gasteiger partial charge in [-0.05, 0) is 36.1 Å². The Morgan fingerprint density at radius 2 is 1.95 bits per heavy atom. The average Bonchev–Trinajstić information content (AvgIpc) is 3.64. The first kappa shape index (κ1) is 29.9. The van der Waals surface area contributed by atoms with Crippen molar-refractivity contribution in [2.24, 2.45) is 0 Å². The molecule has 208 valence electrons. The van der Waals surface area contributed by atoms with Gasteiger partial charge in [-0.3, -0.25) is 9.20 Å². The zero-order chi connectivity index (χ0) is 28.9. The van der Waals surface area contributed by atoms with Gasteiger partial charge in [0, 0.05) is 42.0 Å². The van der Waals surface area contributed by atoms with Gasteiger partial charge >= 0.3 is 0 Å². The predicted molar refractivity (Wildman–Crippen MR) is 163 cm³/mol. The Morgan fingerprint density at radius 3 is 2.70 bits per heavy atom. The molecule has 0 radical (unpaired) electrons. The molecule has 1 aliphatic rings. The zero-order valence-corrected chi connectivity index (χ0v) is 23.8. The molecule has 4 aromatic rings. The Balaban J connectivity index is 0.00000106. The molecule has 8 nitrogen and oxygen atoms in total. The van der Waals surface area contributed by atoms with Gasteiger partial charge in [-0.25, -0.2) is 9.97 Å². The monoisotopic (exact) mass is 538 g/mol. The molecule has 0 atom stereocenters. The largest absolute Gasteiger partial charge is 0.384 e. The van der Waals surface area contributed by atoms with E-state index in [1.165, 1.54) is 0 Å². The highest BCUT2D eigenvalue weighted by molar-refractivity contribution is 5.96. The minimum Gasteiger partial charge on any atom is -0.384 e. The van der Waals surface area contributed by atoms with Crippen molar-refractivity contribution in [3.8, 4) is 11.8 Å². The summed E-state index contributed by atoms with van der Waals surface area (Å²) in [6.07, 6.45) is 13.5. The number of ether oxygens (including phenoxy) is 1. The first-order valence-electron chi connectivity index (χ1n) is 13.7. The lowest BCUT2D eigenvalue weighted by Crippen LogP contribution is -2.41. The number of hydrogen-bond acceptors (Lipinski definition) is 5. The maximum Gasteiger partial charge on any atom is 0.253 e. The summed E-state index contributed by atoms with van der Waals surface area (Å²) in [7, 11) is 0. The summed E-state index contributed by atoms with van der Waals surface area (Å²) < 4.78 is 7.32. The number of fused-ring (bicyclic) bond motifs is 2. The maximum atomic E-state index is 12.9. The number of nitrogens with one attached hydrogen (secondary N) is 1. The number of nitrogens with zero attached hydrogens (tertiary/aromatic N) is 4. The molecule has 1 aliphatic heterocycles. The summed E-state index contributed by atoms with van der Waals surface area (Å²) >= 11 is 0. The van der Waals surface area contributed by atoms with Crippen molar-refractivity contribution in [2.75, 3.05) is 32.0 Å². The van der Waals surface area contributed by atoms with Crippen LogP contribution in [0.1, 0.15) is 44.5 Å². The van der Waals surface area contributed by atoms with Crippen molar-refractivity contribution in [2.45, 2.75) is 34.1 Å². The third-order valence-corrected chi connectivity index (χ3v) is 5.93. The molecule has 0 bridgehead atoms. The number of carbonyl (C=O) groups is 1. The fourth-order valence-electron chi connectivity index (χ4n) is 4.13. The molecule has 0 spiro atoms. The van der Waals surface area contributed by atoms with Gasteiger partial charge in [-0.2, -0.15) is 0 Å². The van der Waals surface area contributed by atoms with Crippen LogP contribution in [0.25, 0.3) is 16.7 Å². The molecule has 1 amide bonds. The van der Waals surface area contributed by atoms with Crippen LogP contribution in [0.15, 0.2) is 79.3 Å². The summed E-state index contributed by atoms with van der Waals surface area (Å²) in [6.45, 7) is 14.1. The minimum absolute atomic E-state index is 0.00893. The number of morpholine rings is 1. The zero-order valence-electron chi connectivity index (χ0n) is 23.8. The molecule has 0 saturated carbocycles. The van der Waals surface area contributed by atoms with Gasteiger partial charge in [0.05, 0.1) is 19.4 Å². The fourth-order valence-corrected chi connectivity index (χ4v) is 4.13. The number of imidazole rings is 1. The van der Waals surface area contributed by atoms with Crippen LogP contribution in [0.4, 0.5) is 5.82 Å². The summed E-state index contributed by atoms with van der Waals surface area (Å²) in [6, 6.07) is 7.69. The molecule has 0 aliphatic carbocycles. The van der Waals surface area contributed by atoms with E-state index in [0.717, 1.165) is 27.9 Å². The fraction of sp³-hybridized carbons (Fsp3) is 0.281. The smallest absolute Gasteiger partial charge is 0.253 e. The molecule has 1 fully saturated rings. The Hall–Kier alpha value is -4.61. The van der Waals surface area contributed by atoms with E-state index in [0.29, 0.717) is 49.8 Å². The third kappa shape index (κ3) is 7.28. The molecule has 40 heavy (non-hydrogen) atoms. The van der Waals surface area contributed by atoms with Crippen LogP contribution >= 0.6 is 0 Å². The number of H-pyrrole nitrogens is 1. The van der Waals surface area contributed by atoms with Gasteiger partial charge in [0.15, 0.2) is 0 Å². The standard InChI is InChI=1S/C28H26N6O2.2C2H6/c1-2-4-21(28(35)33-13-15-36-16-14-33)6-3-5-20-7-10-26-31-18-23(34(26)19-20)9-8-22-17-25(29)32-27-24(22)11-12-30-27;2*1-2/h2-4,6-7,10-12,17-19H,1,5,13-16H2,(H3,29,30,32);2*1-2H3/b6-3-,21-4+;;. The lowest BCUT2D eigenvalue weighted by molar-refractivity contribution is -0.130.